The Morgan fingerprint density at radius 1 is 1.33 bits per heavy atom. The number of likely N-dealkylation sites (tertiary alicyclic amines) is 1. The van der Waals surface area contributed by atoms with Gasteiger partial charge in [-0.25, -0.2) is 0 Å². The molecule has 1 aliphatic heterocycles. The maximum atomic E-state index is 5.78. The minimum Gasteiger partial charge on any atom is -0.330 e. The van der Waals surface area contributed by atoms with Gasteiger partial charge in [0.25, 0.3) is 0 Å². The molecule has 2 unspecified atom stereocenters. The summed E-state index contributed by atoms with van der Waals surface area (Å²) < 4.78 is 0. The van der Waals surface area contributed by atoms with Crippen molar-refractivity contribution in [1.82, 2.24) is 4.90 Å². The summed E-state index contributed by atoms with van der Waals surface area (Å²) in [6.45, 7) is 9.80. The Morgan fingerprint density at radius 2 is 2.06 bits per heavy atom. The van der Waals surface area contributed by atoms with Crippen LogP contribution in [0.25, 0.3) is 0 Å². The van der Waals surface area contributed by atoms with Crippen molar-refractivity contribution in [2.75, 3.05) is 13.1 Å². The van der Waals surface area contributed by atoms with E-state index in [0.29, 0.717) is 12.0 Å². The predicted octanol–water partition coefficient (Wildman–Crippen LogP) is 2.89. The van der Waals surface area contributed by atoms with Gasteiger partial charge in [-0.05, 0) is 56.3 Å². The van der Waals surface area contributed by atoms with Crippen LogP contribution < -0.4 is 5.73 Å². The van der Waals surface area contributed by atoms with Crippen molar-refractivity contribution >= 4 is 12.4 Å². The van der Waals surface area contributed by atoms with Crippen LogP contribution in [0, 0.1) is 19.8 Å². The Balaban J connectivity index is 0.00000162. The molecule has 18 heavy (non-hydrogen) atoms. The highest BCUT2D eigenvalue weighted by atomic mass is 35.5. The van der Waals surface area contributed by atoms with Crippen LogP contribution >= 0.6 is 12.4 Å². The van der Waals surface area contributed by atoms with Gasteiger partial charge in [0.2, 0.25) is 0 Å². The summed E-state index contributed by atoms with van der Waals surface area (Å²) >= 11 is 0. The van der Waals surface area contributed by atoms with Gasteiger partial charge in [-0.2, -0.15) is 0 Å². The average molecular weight is 269 g/mol. The lowest BCUT2D eigenvalue weighted by molar-refractivity contribution is 0.255. The largest absolute Gasteiger partial charge is 0.330 e. The molecule has 0 aliphatic carbocycles. The van der Waals surface area contributed by atoms with Crippen molar-refractivity contribution in [3.63, 3.8) is 0 Å². The van der Waals surface area contributed by atoms with E-state index in [0.717, 1.165) is 19.6 Å². The average Bonchev–Trinajstić information content (AvgIpc) is 2.66. The van der Waals surface area contributed by atoms with Crippen molar-refractivity contribution < 1.29 is 0 Å². The van der Waals surface area contributed by atoms with Gasteiger partial charge in [0.15, 0.2) is 0 Å². The highest BCUT2D eigenvalue weighted by Crippen LogP contribution is 2.25. The van der Waals surface area contributed by atoms with E-state index in [2.05, 4.69) is 43.9 Å². The molecule has 0 radical (unpaired) electrons. The van der Waals surface area contributed by atoms with Gasteiger partial charge in [-0.3, -0.25) is 4.90 Å². The van der Waals surface area contributed by atoms with E-state index < -0.39 is 0 Å². The van der Waals surface area contributed by atoms with Crippen LogP contribution in [0.3, 0.4) is 0 Å². The van der Waals surface area contributed by atoms with E-state index in [1.807, 2.05) is 0 Å². The highest BCUT2D eigenvalue weighted by molar-refractivity contribution is 5.85. The topological polar surface area (TPSA) is 29.3 Å². The van der Waals surface area contributed by atoms with Gasteiger partial charge in [0.05, 0.1) is 0 Å². The van der Waals surface area contributed by atoms with Crippen molar-refractivity contribution in [1.29, 1.82) is 0 Å². The summed E-state index contributed by atoms with van der Waals surface area (Å²) in [5.41, 5.74) is 10.1. The zero-order chi connectivity index (χ0) is 12.4. The van der Waals surface area contributed by atoms with Gasteiger partial charge in [0.1, 0.15) is 0 Å². The first-order chi connectivity index (χ1) is 8.11. The van der Waals surface area contributed by atoms with Gasteiger partial charge in [-0.15, -0.1) is 12.4 Å². The summed E-state index contributed by atoms with van der Waals surface area (Å²) in [7, 11) is 0. The number of benzene rings is 1. The van der Waals surface area contributed by atoms with E-state index in [9.17, 15) is 0 Å². The lowest BCUT2D eigenvalue weighted by atomic mass is 10.0. The van der Waals surface area contributed by atoms with Crippen LogP contribution in [0.5, 0.6) is 0 Å². The van der Waals surface area contributed by atoms with Gasteiger partial charge < -0.3 is 5.73 Å². The van der Waals surface area contributed by atoms with Crippen LogP contribution in [0.2, 0.25) is 0 Å². The number of nitrogens with two attached hydrogens (primary N) is 1. The maximum Gasteiger partial charge on any atom is 0.0239 e. The molecule has 3 heteroatoms. The molecule has 1 aliphatic rings. The number of hydrogen-bond donors (Lipinski definition) is 1. The van der Waals surface area contributed by atoms with Crippen molar-refractivity contribution in [3.8, 4) is 0 Å². The Labute approximate surface area is 117 Å². The maximum absolute atomic E-state index is 5.78. The second kappa shape index (κ2) is 6.55. The third-order valence-electron chi connectivity index (χ3n) is 4.21. The first kappa shape index (κ1) is 15.5. The highest BCUT2D eigenvalue weighted by Gasteiger charge is 2.28. The molecule has 102 valence electrons. The van der Waals surface area contributed by atoms with Crippen molar-refractivity contribution in [3.05, 3.63) is 34.9 Å². The quantitative estimate of drug-likeness (QED) is 0.913. The third-order valence-corrected chi connectivity index (χ3v) is 4.21. The first-order valence-corrected chi connectivity index (χ1v) is 6.61. The van der Waals surface area contributed by atoms with Crippen LogP contribution in [0.1, 0.15) is 30.0 Å². The molecule has 1 fully saturated rings. The van der Waals surface area contributed by atoms with E-state index >= 15 is 0 Å². The van der Waals surface area contributed by atoms with E-state index in [1.54, 1.807) is 0 Å². The summed E-state index contributed by atoms with van der Waals surface area (Å²) in [5.74, 6) is 0.690. The third kappa shape index (κ3) is 3.25. The Morgan fingerprint density at radius 3 is 2.67 bits per heavy atom. The fourth-order valence-electron chi connectivity index (χ4n) is 2.81. The molecular weight excluding hydrogens is 244 g/mol. The molecule has 0 amide bonds. The fourth-order valence-corrected chi connectivity index (χ4v) is 2.81. The number of nitrogens with zero attached hydrogens (tertiary/aromatic N) is 1. The molecule has 0 saturated carbocycles. The molecule has 1 saturated heterocycles. The number of halogens is 1. The number of rotatable bonds is 3. The standard InChI is InChI=1S/C15H24N2.ClH/c1-11-5-4-6-15(13(11)3)10-17-9-14(8-16)7-12(17)2;/h4-6,12,14H,7-10,16H2,1-3H3;1H. The van der Waals surface area contributed by atoms with Gasteiger partial charge in [0, 0.05) is 19.1 Å². The van der Waals surface area contributed by atoms with Crippen LogP contribution in [-0.2, 0) is 6.54 Å². The molecule has 2 N–H and O–H groups in total. The summed E-state index contributed by atoms with van der Waals surface area (Å²) in [4.78, 5) is 2.57. The number of hydrogen-bond acceptors (Lipinski definition) is 2. The van der Waals surface area contributed by atoms with E-state index in [1.165, 1.54) is 23.1 Å². The summed E-state index contributed by atoms with van der Waals surface area (Å²) in [6.07, 6.45) is 1.25. The lowest BCUT2D eigenvalue weighted by Gasteiger charge is -2.22. The predicted molar refractivity (Wildman–Crippen MR) is 80.2 cm³/mol. The molecule has 0 spiro atoms. The summed E-state index contributed by atoms with van der Waals surface area (Å²) in [6, 6.07) is 7.28. The second-order valence-electron chi connectivity index (χ2n) is 5.47. The smallest absolute Gasteiger partial charge is 0.0239 e. The SMILES string of the molecule is Cc1cccc(CN2CC(CN)CC2C)c1C.Cl. The van der Waals surface area contributed by atoms with Gasteiger partial charge >= 0.3 is 0 Å². The normalized spacial score (nSPS) is 24.0. The molecule has 1 aromatic rings. The lowest BCUT2D eigenvalue weighted by Crippen LogP contribution is -2.27. The summed E-state index contributed by atoms with van der Waals surface area (Å²) in [5, 5.41) is 0. The zero-order valence-corrected chi connectivity index (χ0v) is 12.5. The Hall–Kier alpha value is -0.570. The van der Waals surface area contributed by atoms with Crippen molar-refractivity contribution in [2.45, 2.75) is 39.8 Å². The molecule has 2 atom stereocenters. The molecule has 1 heterocycles. The van der Waals surface area contributed by atoms with Crippen LogP contribution in [0.15, 0.2) is 18.2 Å². The Kier molecular flexibility index (Phi) is 5.64. The number of aryl methyl sites for hydroxylation is 1. The molecule has 0 bridgehead atoms. The van der Waals surface area contributed by atoms with Crippen LogP contribution in [0.4, 0.5) is 0 Å². The first-order valence-electron chi connectivity index (χ1n) is 6.61. The molecule has 1 aromatic carbocycles. The van der Waals surface area contributed by atoms with Crippen molar-refractivity contribution in [2.24, 2.45) is 11.7 Å². The van der Waals surface area contributed by atoms with Crippen LogP contribution in [-0.4, -0.2) is 24.0 Å². The Bertz CT molecular complexity index is 392. The van der Waals surface area contributed by atoms with E-state index in [-0.39, 0.29) is 12.4 Å². The molecular formula is C15H25ClN2. The zero-order valence-electron chi connectivity index (χ0n) is 11.6. The molecule has 0 aromatic heterocycles. The van der Waals surface area contributed by atoms with E-state index in [4.69, 9.17) is 5.73 Å². The fraction of sp³-hybridized carbons (Fsp3) is 0.600. The van der Waals surface area contributed by atoms with Gasteiger partial charge in [-0.1, -0.05) is 18.2 Å². The second-order valence-corrected chi connectivity index (χ2v) is 5.47. The minimum atomic E-state index is 0. The molecule has 2 nitrogen and oxygen atoms in total. The minimum absolute atomic E-state index is 0. The molecule has 2 rings (SSSR count). The monoisotopic (exact) mass is 268 g/mol.